The molecule has 0 spiro atoms. The van der Waals surface area contributed by atoms with Gasteiger partial charge < -0.3 is 10.3 Å². The highest BCUT2D eigenvalue weighted by atomic mass is 19.2. The van der Waals surface area contributed by atoms with Crippen molar-refractivity contribution in [2.75, 3.05) is 5.32 Å². The van der Waals surface area contributed by atoms with E-state index in [9.17, 15) is 18.0 Å². The number of imidazole rings is 1. The lowest BCUT2D eigenvalue weighted by molar-refractivity contribution is 0.502. The molecule has 2 aromatic carbocycles. The van der Waals surface area contributed by atoms with Gasteiger partial charge in [0.05, 0.1) is 23.4 Å². The van der Waals surface area contributed by atoms with Crippen molar-refractivity contribution in [1.29, 1.82) is 0 Å². The van der Waals surface area contributed by atoms with Gasteiger partial charge in [0.2, 0.25) is 0 Å². The average molecular weight is 436 g/mol. The first-order valence-electron chi connectivity index (χ1n) is 9.64. The second-order valence-electron chi connectivity index (χ2n) is 7.20. The van der Waals surface area contributed by atoms with E-state index in [1.54, 1.807) is 13.0 Å². The van der Waals surface area contributed by atoms with E-state index in [-0.39, 0.29) is 11.1 Å². The van der Waals surface area contributed by atoms with Gasteiger partial charge in [0.15, 0.2) is 23.1 Å². The van der Waals surface area contributed by atoms with Crippen molar-refractivity contribution in [2.45, 2.75) is 13.0 Å². The highest BCUT2D eigenvalue weighted by Gasteiger charge is 2.21. The molecular formula is C22H15F3N6O. The Morgan fingerprint density at radius 2 is 1.91 bits per heavy atom. The van der Waals surface area contributed by atoms with Crippen LogP contribution in [-0.4, -0.2) is 24.5 Å². The maximum absolute atomic E-state index is 14.7. The number of pyridine rings is 1. The van der Waals surface area contributed by atoms with Crippen molar-refractivity contribution in [3.05, 3.63) is 88.6 Å². The second-order valence-corrected chi connectivity index (χ2v) is 7.20. The van der Waals surface area contributed by atoms with Crippen molar-refractivity contribution in [2.24, 2.45) is 0 Å². The maximum Gasteiger partial charge on any atom is 0.263 e. The molecule has 0 fully saturated rings. The molecule has 1 atom stereocenters. The Morgan fingerprint density at radius 1 is 1.06 bits per heavy atom. The zero-order valence-corrected chi connectivity index (χ0v) is 16.6. The molecule has 5 rings (SSSR count). The molecular weight excluding hydrogens is 421 g/mol. The van der Waals surface area contributed by atoms with Crippen LogP contribution >= 0.6 is 0 Å². The molecule has 0 aliphatic carbocycles. The van der Waals surface area contributed by atoms with Gasteiger partial charge in [0.1, 0.15) is 17.7 Å². The zero-order chi connectivity index (χ0) is 22.4. The van der Waals surface area contributed by atoms with E-state index in [4.69, 9.17) is 0 Å². The molecule has 3 aromatic heterocycles. The molecule has 0 amide bonds. The van der Waals surface area contributed by atoms with Crippen LogP contribution in [0.1, 0.15) is 18.7 Å². The number of halogens is 3. The predicted octanol–water partition coefficient (Wildman–Crippen LogP) is 4.25. The second kappa shape index (κ2) is 7.49. The van der Waals surface area contributed by atoms with Crippen LogP contribution in [0.2, 0.25) is 0 Å². The number of anilines is 1. The number of aromatic amines is 1. The third-order valence-electron chi connectivity index (χ3n) is 5.20. The minimum Gasteiger partial charge on any atom is -0.360 e. The summed E-state index contributed by atoms with van der Waals surface area (Å²) < 4.78 is 43.6. The predicted molar refractivity (Wildman–Crippen MR) is 113 cm³/mol. The average Bonchev–Trinajstić information content (AvgIpc) is 3.26. The van der Waals surface area contributed by atoms with Gasteiger partial charge in [-0.3, -0.25) is 9.36 Å². The molecule has 7 nitrogen and oxygen atoms in total. The van der Waals surface area contributed by atoms with Crippen molar-refractivity contribution in [3.8, 4) is 5.69 Å². The topological polar surface area (TPSA) is 88.5 Å². The monoisotopic (exact) mass is 436 g/mol. The smallest absolute Gasteiger partial charge is 0.263 e. The van der Waals surface area contributed by atoms with E-state index in [1.807, 2.05) is 0 Å². The summed E-state index contributed by atoms with van der Waals surface area (Å²) in [5, 5.41) is 3.65. The molecule has 2 N–H and O–H groups in total. The molecule has 0 aliphatic rings. The van der Waals surface area contributed by atoms with Gasteiger partial charge in [-0.15, -0.1) is 0 Å². The van der Waals surface area contributed by atoms with Crippen LogP contribution in [0.4, 0.5) is 19.0 Å². The summed E-state index contributed by atoms with van der Waals surface area (Å²) in [6, 6.07) is 8.34. The van der Waals surface area contributed by atoms with E-state index in [2.05, 4.69) is 25.3 Å². The number of hydrogen-bond donors (Lipinski definition) is 2. The molecule has 0 radical (unpaired) electrons. The van der Waals surface area contributed by atoms with Crippen molar-refractivity contribution in [3.63, 3.8) is 0 Å². The van der Waals surface area contributed by atoms with E-state index in [0.29, 0.717) is 28.1 Å². The molecule has 0 aliphatic heterocycles. The third-order valence-corrected chi connectivity index (χ3v) is 5.20. The van der Waals surface area contributed by atoms with Crippen molar-refractivity contribution < 1.29 is 13.2 Å². The molecule has 10 heteroatoms. The van der Waals surface area contributed by atoms with Gasteiger partial charge >= 0.3 is 0 Å². The van der Waals surface area contributed by atoms with Crippen LogP contribution in [0, 0.1) is 17.5 Å². The van der Waals surface area contributed by atoms with Crippen LogP contribution in [0.5, 0.6) is 0 Å². The number of rotatable bonds is 4. The first-order chi connectivity index (χ1) is 15.4. The highest BCUT2D eigenvalue weighted by molar-refractivity contribution is 5.84. The number of H-pyrrole nitrogens is 1. The van der Waals surface area contributed by atoms with E-state index in [1.165, 1.54) is 36.9 Å². The van der Waals surface area contributed by atoms with Crippen LogP contribution < -0.4 is 10.9 Å². The number of fused-ring (bicyclic) bond motifs is 2. The third kappa shape index (κ3) is 3.16. The molecule has 0 saturated carbocycles. The summed E-state index contributed by atoms with van der Waals surface area (Å²) >= 11 is 0. The Hall–Kier alpha value is -4.21. The van der Waals surface area contributed by atoms with Gasteiger partial charge in [0, 0.05) is 5.69 Å². The Bertz CT molecular complexity index is 1540. The summed E-state index contributed by atoms with van der Waals surface area (Å²) in [6.07, 6.45) is 2.82. The molecule has 0 bridgehead atoms. The van der Waals surface area contributed by atoms with E-state index in [0.717, 1.165) is 16.7 Å². The SMILES string of the molecule is CC(Nc1ncnc2[nH]cnc12)c1cc2ccc(F)cc2c(=O)n1-c1cccc(F)c1F. The lowest BCUT2D eigenvalue weighted by Crippen LogP contribution is -2.26. The van der Waals surface area contributed by atoms with Crippen molar-refractivity contribution in [1.82, 2.24) is 24.5 Å². The maximum atomic E-state index is 14.7. The molecule has 0 saturated heterocycles. The normalized spacial score (nSPS) is 12.4. The summed E-state index contributed by atoms with van der Waals surface area (Å²) in [5.41, 5.74) is 0.353. The lowest BCUT2D eigenvalue weighted by atomic mass is 10.1. The zero-order valence-electron chi connectivity index (χ0n) is 16.6. The molecule has 1 unspecified atom stereocenters. The Labute approximate surface area is 178 Å². The van der Waals surface area contributed by atoms with E-state index >= 15 is 0 Å². The Balaban J connectivity index is 1.74. The number of hydrogen-bond acceptors (Lipinski definition) is 5. The first-order valence-corrected chi connectivity index (χ1v) is 9.64. The van der Waals surface area contributed by atoms with E-state index < -0.39 is 29.1 Å². The lowest BCUT2D eigenvalue weighted by Gasteiger charge is -2.21. The fraction of sp³-hybridized carbons (Fsp3) is 0.0909. The fourth-order valence-corrected chi connectivity index (χ4v) is 3.68. The highest BCUT2D eigenvalue weighted by Crippen LogP contribution is 2.27. The van der Waals surface area contributed by atoms with Crippen molar-refractivity contribution >= 4 is 27.8 Å². The summed E-state index contributed by atoms with van der Waals surface area (Å²) in [5.74, 6) is -2.51. The quantitative estimate of drug-likeness (QED) is 0.440. The van der Waals surface area contributed by atoms with Crippen LogP contribution in [0.15, 0.2) is 59.9 Å². The van der Waals surface area contributed by atoms with Crippen LogP contribution in [-0.2, 0) is 0 Å². The molecule has 3 heterocycles. The number of aromatic nitrogens is 5. The van der Waals surface area contributed by atoms with Gasteiger partial charge in [-0.25, -0.2) is 28.1 Å². The number of nitrogens with one attached hydrogen (secondary N) is 2. The molecule has 32 heavy (non-hydrogen) atoms. The van der Waals surface area contributed by atoms with Gasteiger partial charge in [-0.2, -0.15) is 0 Å². The number of benzene rings is 2. The molecule has 160 valence electrons. The molecule has 5 aromatic rings. The minimum absolute atomic E-state index is 0.0429. The van der Waals surface area contributed by atoms with Gasteiger partial charge in [0.25, 0.3) is 5.56 Å². The minimum atomic E-state index is -1.18. The standard InChI is InChI=1S/C22H15F3N6O/c1-11(30-21-19-20(27-9-26-19)28-10-29-21)17-7-12-5-6-13(23)8-14(12)22(32)31(17)16-4-2-3-15(24)18(16)25/h2-11H,1H3,(H2,26,27,28,29,30). The summed E-state index contributed by atoms with van der Waals surface area (Å²) in [7, 11) is 0. The van der Waals surface area contributed by atoms with Gasteiger partial charge in [-0.1, -0.05) is 12.1 Å². The number of nitrogens with zero attached hydrogens (tertiary/aromatic N) is 4. The Morgan fingerprint density at radius 3 is 2.75 bits per heavy atom. The summed E-state index contributed by atoms with van der Waals surface area (Å²) in [4.78, 5) is 28.7. The van der Waals surface area contributed by atoms with Crippen LogP contribution in [0.25, 0.3) is 27.6 Å². The fourth-order valence-electron chi connectivity index (χ4n) is 3.68. The summed E-state index contributed by atoms with van der Waals surface area (Å²) in [6.45, 7) is 1.73. The Kier molecular flexibility index (Phi) is 4.62. The van der Waals surface area contributed by atoms with Crippen LogP contribution in [0.3, 0.4) is 0 Å². The largest absolute Gasteiger partial charge is 0.360 e. The first kappa shape index (κ1) is 19.7. The van der Waals surface area contributed by atoms with Gasteiger partial charge in [-0.05, 0) is 42.6 Å².